The molecule has 0 fully saturated rings. The van der Waals surface area contributed by atoms with Crippen LogP contribution in [-0.2, 0) is 14.3 Å². The van der Waals surface area contributed by atoms with Gasteiger partial charge in [-0.15, -0.1) is 0 Å². The van der Waals surface area contributed by atoms with Gasteiger partial charge in [0.05, 0.1) is 7.11 Å². The Labute approximate surface area is 136 Å². The lowest BCUT2D eigenvalue weighted by Crippen LogP contribution is -1.99. The Balaban J connectivity index is 3.30. The Kier molecular flexibility index (Phi) is 15.4. The molecule has 0 aromatic rings. The fraction of sp³-hybridized carbons (Fsp3) is 0.789. The Bertz CT molecular complexity index is 308. The summed E-state index contributed by atoms with van der Waals surface area (Å²) in [6, 6.07) is 0. The van der Waals surface area contributed by atoms with Gasteiger partial charge in [0.2, 0.25) is 0 Å². The van der Waals surface area contributed by atoms with E-state index in [2.05, 4.69) is 23.8 Å². The minimum absolute atomic E-state index is 0.127. The molecule has 0 saturated heterocycles. The van der Waals surface area contributed by atoms with E-state index in [9.17, 15) is 9.59 Å². The zero-order chi connectivity index (χ0) is 16.5. The third-order valence-corrected chi connectivity index (χ3v) is 3.80. The van der Waals surface area contributed by atoms with E-state index in [-0.39, 0.29) is 5.97 Å². The summed E-state index contributed by atoms with van der Waals surface area (Å²) in [6.45, 7) is 2.21. The van der Waals surface area contributed by atoms with E-state index < -0.39 is 0 Å². The summed E-state index contributed by atoms with van der Waals surface area (Å²) in [5, 5.41) is 0. The van der Waals surface area contributed by atoms with Crippen molar-refractivity contribution in [1.29, 1.82) is 0 Å². The first kappa shape index (κ1) is 20.9. The lowest BCUT2D eigenvalue weighted by Gasteiger charge is -2.01. The average Bonchev–Trinajstić information content (AvgIpc) is 2.52. The maximum absolute atomic E-state index is 11.7. The predicted octanol–water partition coefficient (Wildman–Crippen LogP) is 5.38. The van der Waals surface area contributed by atoms with Crippen molar-refractivity contribution in [3.63, 3.8) is 0 Å². The van der Waals surface area contributed by atoms with E-state index in [1.807, 2.05) is 0 Å². The topological polar surface area (TPSA) is 43.4 Å². The predicted molar refractivity (Wildman–Crippen MR) is 91.9 cm³/mol. The van der Waals surface area contributed by atoms with Crippen LogP contribution in [0.3, 0.4) is 0 Å². The Hall–Kier alpha value is -1.12. The van der Waals surface area contributed by atoms with Crippen molar-refractivity contribution in [3.8, 4) is 0 Å². The summed E-state index contributed by atoms with van der Waals surface area (Å²) in [7, 11) is 1.42. The maximum Gasteiger partial charge on any atom is 0.305 e. The molecule has 0 amide bonds. The number of methoxy groups -OCH3 is 1. The highest BCUT2D eigenvalue weighted by atomic mass is 16.5. The molecule has 0 heterocycles. The van der Waals surface area contributed by atoms with Gasteiger partial charge in [0.25, 0.3) is 0 Å². The molecule has 0 atom stereocenters. The number of allylic oxidation sites excluding steroid dienone is 2. The van der Waals surface area contributed by atoms with Crippen LogP contribution in [-0.4, -0.2) is 18.9 Å². The van der Waals surface area contributed by atoms with E-state index in [1.54, 1.807) is 0 Å². The molecule has 0 aromatic carbocycles. The second-order valence-corrected chi connectivity index (χ2v) is 5.89. The van der Waals surface area contributed by atoms with Crippen molar-refractivity contribution >= 4 is 11.8 Å². The monoisotopic (exact) mass is 310 g/mol. The summed E-state index contributed by atoms with van der Waals surface area (Å²) in [5.41, 5.74) is 0. The van der Waals surface area contributed by atoms with Crippen molar-refractivity contribution in [2.24, 2.45) is 0 Å². The SMILES string of the molecule is CCCCCC=CCCC(=O)CCCCCCCC(=O)OC. The first-order chi connectivity index (χ1) is 10.7. The number of hydrogen-bond donors (Lipinski definition) is 0. The van der Waals surface area contributed by atoms with E-state index in [4.69, 9.17) is 0 Å². The Morgan fingerprint density at radius 1 is 0.773 bits per heavy atom. The fourth-order valence-corrected chi connectivity index (χ4v) is 2.34. The lowest BCUT2D eigenvalue weighted by molar-refractivity contribution is -0.140. The number of ketones is 1. The number of ether oxygens (including phenoxy) is 1. The molecule has 0 unspecified atom stereocenters. The Morgan fingerprint density at radius 2 is 1.41 bits per heavy atom. The largest absolute Gasteiger partial charge is 0.469 e. The molecule has 22 heavy (non-hydrogen) atoms. The third kappa shape index (κ3) is 15.3. The standard InChI is InChI=1S/C19H34O3/c1-3-4-5-6-7-9-12-15-18(20)16-13-10-8-11-14-17-19(21)22-2/h7,9H,3-6,8,10-17H2,1-2H3. The highest BCUT2D eigenvalue weighted by Crippen LogP contribution is 2.09. The first-order valence-corrected chi connectivity index (χ1v) is 8.94. The van der Waals surface area contributed by atoms with Gasteiger partial charge in [-0.2, -0.15) is 0 Å². The van der Waals surface area contributed by atoms with Crippen LogP contribution in [0.15, 0.2) is 12.2 Å². The quantitative estimate of drug-likeness (QED) is 0.232. The van der Waals surface area contributed by atoms with E-state index in [0.717, 1.165) is 44.9 Å². The second-order valence-electron chi connectivity index (χ2n) is 5.89. The molecule has 0 radical (unpaired) electrons. The molecule has 0 aromatic heterocycles. The van der Waals surface area contributed by atoms with Crippen molar-refractivity contribution in [2.45, 2.75) is 90.4 Å². The van der Waals surface area contributed by atoms with Crippen LogP contribution in [0.4, 0.5) is 0 Å². The van der Waals surface area contributed by atoms with Crippen molar-refractivity contribution in [3.05, 3.63) is 12.2 Å². The summed E-state index contributed by atoms with van der Waals surface area (Å²) in [6.07, 6.45) is 17.2. The van der Waals surface area contributed by atoms with Gasteiger partial charge in [-0.3, -0.25) is 9.59 Å². The van der Waals surface area contributed by atoms with E-state index >= 15 is 0 Å². The number of rotatable bonds is 15. The van der Waals surface area contributed by atoms with E-state index in [0.29, 0.717) is 25.0 Å². The third-order valence-electron chi connectivity index (χ3n) is 3.80. The molecule has 0 N–H and O–H groups in total. The minimum Gasteiger partial charge on any atom is -0.469 e. The number of Topliss-reactive ketones (excluding diaryl/α,β-unsaturated/α-hetero) is 1. The number of carbonyl (C=O) groups excluding carboxylic acids is 2. The van der Waals surface area contributed by atoms with Crippen molar-refractivity contribution < 1.29 is 14.3 Å². The smallest absolute Gasteiger partial charge is 0.305 e. The van der Waals surface area contributed by atoms with Gasteiger partial charge in [-0.05, 0) is 32.1 Å². The molecular weight excluding hydrogens is 276 g/mol. The summed E-state index contributed by atoms with van der Waals surface area (Å²) >= 11 is 0. The molecule has 0 aliphatic rings. The summed E-state index contributed by atoms with van der Waals surface area (Å²) in [5.74, 6) is 0.255. The number of esters is 1. The van der Waals surface area contributed by atoms with Gasteiger partial charge >= 0.3 is 5.97 Å². The molecule has 0 spiro atoms. The van der Waals surface area contributed by atoms with Crippen molar-refractivity contribution in [1.82, 2.24) is 0 Å². The van der Waals surface area contributed by atoms with Crippen molar-refractivity contribution in [2.75, 3.05) is 7.11 Å². The minimum atomic E-state index is -0.127. The van der Waals surface area contributed by atoms with Crippen LogP contribution in [0.2, 0.25) is 0 Å². The molecule has 0 bridgehead atoms. The van der Waals surface area contributed by atoms with Crippen LogP contribution in [0.1, 0.15) is 90.4 Å². The van der Waals surface area contributed by atoms with Crippen LogP contribution in [0.5, 0.6) is 0 Å². The highest BCUT2D eigenvalue weighted by Gasteiger charge is 2.02. The van der Waals surface area contributed by atoms with Crippen LogP contribution in [0, 0.1) is 0 Å². The zero-order valence-electron chi connectivity index (χ0n) is 14.6. The molecule has 0 aliphatic carbocycles. The molecule has 128 valence electrons. The summed E-state index contributed by atoms with van der Waals surface area (Å²) in [4.78, 5) is 22.6. The van der Waals surface area contributed by atoms with Gasteiger partial charge < -0.3 is 4.74 Å². The highest BCUT2D eigenvalue weighted by molar-refractivity contribution is 5.78. The van der Waals surface area contributed by atoms with Gasteiger partial charge in [-0.25, -0.2) is 0 Å². The number of hydrogen-bond acceptors (Lipinski definition) is 3. The van der Waals surface area contributed by atoms with Crippen LogP contribution >= 0.6 is 0 Å². The van der Waals surface area contributed by atoms with Crippen LogP contribution < -0.4 is 0 Å². The average molecular weight is 310 g/mol. The number of carbonyl (C=O) groups is 2. The summed E-state index contributed by atoms with van der Waals surface area (Å²) < 4.78 is 4.59. The molecule has 0 saturated carbocycles. The molecule has 3 heteroatoms. The number of unbranched alkanes of at least 4 members (excludes halogenated alkanes) is 7. The van der Waals surface area contributed by atoms with Crippen LogP contribution in [0.25, 0.3) is 0 Å². The molecular formula is C19H34O3. The molecule has 3 nitrogen and oxygen atoms in total. The van der Waals surface area contributed by atoms with E-state index in [1.165, 1.54) is 26.4 Å². The van der Waals surface area contributed by atoms with Gasteiger partial charge in [-0.1, -0.05) is 51.2 Å². The maximum atomic E-state index is 11.7. The molecule has 0 rings (SSSR count). The van der Waals surface area contributed by atoms with Gasteiger partial charge in [0.15, 0.2) is 0 Å². The fourth-order valence-electron chi connectivity index (χ4n) is 2.34. The second kappa shape index (κ2) is 16.3. The molecule has 0 aliphatic heterocycles. The lowest BCUT2D eigenvalue weighted by atomic mass is 10.1. The Morgan fingerprint density at radius 3 is 2.09 bits per heavy atom. The van der Waals surface area contributed by atoms with Gasteiger partial charge in [0.1, 0.15) is 5.78 Å². The van der Waals surface area contributed by atoms with Gasteiger partial charge in [0, 0.05) is 19.3 Å². The normalized spacial score (nSPS) is 11.0. The first-order valence-electron chi connectivity index (χ1n) is 8.94. The zero-order valence-corrected chi connectivity index (χ0v) is 14.6.